The molecule has 2 aromatic carbocycles. The topological polar surface area (TPSA) is 61.9 Å². The maximum absolute atomic E-state index is 14.5. The zero-order chi connectivity index (χ0) is 21.3. The SMILES string of the molecule is O=C(c1ccc2nc(C(F)F)[nH]c2c1)N(Cc1ccccn1)c1ccc(F)cc1F. The maximum atomic E-state index is 14.5. The molecule has 0 atom stereocenters. The molecular formula is C21H14F4N4O. The lowest BCUT2D eigenvalue weighted by molar-refractivity contribution is 0.0984. The summed E-state index contributed by atoms with van der Waals surface area (Å²) >= 11 is 0. The zero-order valence-corrected chi connectivity index (χ0v) is 15.3. The van der Waals surface area contributed by atoms with Crippen LogP contribution in [0, 0.1) is 11.6 Å². The number of pyridine rings is 1. The first-order valence-corrected chi connectivity index (χ1v) is 8.87. The van der Waals surface area contributed by atoms with Gasteiger partial charge in [-0.2, -0.15) is 0 Å². The number of hydrogen-bond donors (Lipinski definition) is 1. The van der Waals surface area contributed by atoms with Crippen LogP contribution in [0.1, 0.15) is 28.3 Å². The molecule has 30 heavy (non-hydrogen) atoms. The number of amides is 1. The minimum atomic E-state index is -2.79. The molecule has 4 rings (SSSR count). The van der Waals surface area contributed by atoms with Crippen LogP contribution in [-0.2, 0) is 6.54 Å². The Labute approximate surface area is 168 Å². The highest BCUT2D eigenvalue weighted by Gasteiger charge is 2.23. The third kappa shape index (κ3) is 3.86. The minimum Gasteiger partial charge on any atom is -0.337 e. The van der Waals surface area contributed by atoms with Crippen LogP contribution < -0.4 is 4.90 Å². The highest BCUT2D eigenvalue weighted by atomic mass is 19.3. The fourth-order valence-corrected chi connectivity index (χ4v) is 3.04. The van der Waals surface area contributed by atoms with Crippen LogP contribution in [0.2, 0.25) is 0 Å². The number of rotatable bonds is 5. The van der Waals surface area contributed by atoms with E-state index in [-0.39, 0.29) is 28.8 Å². The molecule has 0 aliphatic rings. The fraction of sp³-hybridized carbons (Fsp3) is 0.0952. The van der Waals surface area contributed by atoms with Crippen molar-refractivity contribution >= 4 is 22.6 Å². The van der Waals surface area contributed by atoms with Gasteiger partial charge in [0.05, 0.1) is 29.0 Å². The number of H-pyrrole nitrogens is 1. The molecule has 0 aliphatic heterocycles. The van der Waals surface area contributed by atoms with Gasteiger partial charge < -0.3 is 4.98 Å². The van der Waals surface area contributed by atoms with Crippen molar-refractivity contribution in [1.29, 1.82) is 0 Å². The number of benzene rings is 2. The van der Waals surface area contributed by atoms with Crippen molar-refractivity contribution in [2.75, 3.05) is 4.90 Å². The summed E-state index contributed by atoms with van der Waals surface area (Å²) in [6.45, 7) is -0.0779. The van der Waals surface area contributed by atoms with Crippen molar-refractivity contribution in [2.24, 2.45) is 0 Å². The van der Waals surface area contributed by atoms with Crippen LogP contribution in [0.15, 0.2) is 60.8 Å². The van der Waals surface area contributed by atoms with Crippen molar-refractivity contribution in [3.63, 3.8) is 0 Å². The van der Waals surface area contributed by atoms with E-state index in [4.69, 9.17) is 0 Å². The Bertz CT molecular complexity index is 1210. The smallest absolute Gasteiger partial charge is 0.295 e. The number of carbonyl (C=O) groups is 1. The molecule has 9 heteroatoms. The van der Waals surface area contributed by atoms with E-state index in [1.165, 1.54) is 24.4 Å². The fourth-order valence-electron chi connectivity index (χ4n) is 3.04. The van der Waals surface area contributed by atoms with Crippen molar-refractivity contribution in [3.8, 4) is 0 Å². The van der Waals surface area contributed by atoms with Gasteiger partial charge in [0, 0.05) is 17.8 Å². The molecule has 2 aromatic heterocycles. The highest BCUT2D eigenvalue weighted by Crippen LogP contribution is 2.26. The number of aromatic nitrogens is 3. The number of aromatic amines is 1. The minimum absolute atomic E-state index is 0.0779. The van der Waals surface area contributed by atoms with Gasteiger partial charge in [0.1, 0.15) is 11.6 Å². The third-order valence-corrected chi connectivity index (χ3v) is 4.45. The first kappa shape index (κ1) is 19.6. The molecule has 4 aromatic rings. The number of nitrogens with one attached hydrogen (secondary N) is 1. The molecular weight excluding hydrogens is 400 g/mol. The normalized spacial score (nSPS) is 11.2. The summed E-state index contributed by atoms with van der Waals surface area (Å²) in [5.41, 5.74) is 0.980. The van der Waals surface area contributed by atoms with Crippen LogP contribution in [-0.4, -0.2) is 20.9 Å². The van der Waals surface area contributed by atoms with E-state index in [1.54, 1.807) is 18.2 Å². The Hall–Kier alpha value is -3.75. The number of anilines is 1. The van der Waals surface area contributed by atoms with Crippen LogP contribution in [0.5, 0.6) is 0 Å². The van der Waals surface area contributed by atoms with Gasteiger partial charge in [-0.3, -0.25) is 14.7 Å². The van der Waals surface area contributed by atoms with Crippen LogP contribution in [0.25, 0.3) is 11.0 Å². The molecule has 5 nitrogen and oxygen atoms in total. The molecule has 1 N–H and O–H groups in total. The van der Waals surface area contributed by atoms with E-state index in [0.29, 0.717) is 11.8 Å². The lowest BCUT2D eigenvalue weighted by atomic mass is 10.1. The third-order valence-electron chi connectivity index (χ3n) is 4.45. The van der Waals surface area contributed by atoms with Gasteiger partial charge in [0.15, 0.2) is 5.82 Å². The predicted octanol–water partition coefficient (Wildman–Crippen LogP) is 5.02. The molecule has 152 valence electrons. The lowest BCUT2D eigenvalue weighted by Gasteiger charge is -2.23. The van der Waals surface area contributed by atoms with E-state index in [9.17, 15) is 22.4 Å². The molecule has 0 bridgehead atoms. The zero-order valence-electron chi connectivity index (χ0n) is 15.3. The van der Waals surface area contributed by atoms with Crippen molar-refractivity contribution in [2.45, 2.75) is 13.0 Å². The van der Waals surface area contributed by atoms with Crippen molar-refractivity contribution in [1.82, 2.24) is 15.0 Å². The lowest BCUT2D eigenvalue weighted by Crippen LogP contribution is -2.31. The molecule has 1 amide bonds. The summed E-state index contributed by atoms with van der Waals surface area (Å²) in [5, 5.41) is 0. The Morgan fingerprint density at radius 3 is 2.60 bits per heavy atom. The number of hydrogen-bond acceptors (Lipinski definition) is 3. The molecule has 0 spiro atoms. The van der Waals surface area contributed by atoms with Gasteiger partial charge in [0.25, 0.3) is 12.3 Å². The van der Waals surface area contributed by atoms with E-state index < -0.39 is 29.8 Å². The Balaban J connectivity index is 1.75. The number of carbonyl (C=O) groups excluding carboxylic acids is 1. The Morgan fingerprint density at radius 1 is 1.07 bits per heavy atom. The quantitative estimate of drug-likeness (QED) is 0.467. The maximum Gasteiger partial charge on any atom is 0.295 e. The summed E-state index contributed by atoms with van der Waals surface area (Å²) in [5.74, 6) is -2.81. The average molecular weight is 414 g/mol. The van der Waals surface area contributed by atoms with Gasteiger partial charge in [0.2, 0.25) is 0 Å². The van der Waals surface area contributed by atoms with Crippen LogP contribution in [0.3, 0.4) is 0 Å². The van der Waals surface area contributed by atoms with Crippen LogP contribution >= 0.6 is 0 Å². The first-order chi connectivity index (χ1) is 14.4. The number of fused-ring (bicyclic) bond motifs is 1. The van der Waals surface area contributed by atoms with Crippen molar-refractivity contribution < 1.29 is 22.4 Å². The standard InChI is InChI=1S/C21H14F4N4O/c22-13-5-7-18(15(23)10-13)29(11-14-3-1-2-8-26-14)21(30)12-4-6-16-17(9-12)28-20(27-16)19(24)25/h1-10,19H,11H2,(H,27,28). The molecule has 0 unspecified atom stereocenters. The summed E-state index contributed by atoms with van der Waals surface area (Å²) in [6, 6.07) is 12.2. The molecule has 2 heterocycles. The molecule has 0 saturated carbocycles. The first-order valence-electron chi connectivity index (χ1n) is 8.87. The summed E-state index contributed by atoms with van der Waals surface area (Å²) in [6.07, 6.45) is -1.26. The van der Waals surface area contributed by atoms with E-state index in [2.05, 4.69) is 15.0 Å². The summed E-state index contributed by atoms with van der Waals surface area (Å²) in [4.78, 5) is 24.7. The Kier molecular flexibility index (Phi) is 5.18. The number of imidazole rings is 1. The van der Waals surface area contributed by atoms with E-state index in [0.717, 1.165) is 17.0 Å². The second-order valence-corrected chi connectivity index (χ2v) is 6.46. The molecule has 0 saturated heterocycles. The van der Waals surface area contributed by atoms with E-state index >= 15 is 0 Å². The largest absolute Gasteiger partial charge is 0.337 e. The predicted molar refractivity (Wildman–Crippen MR) is 102 cm³/mol. The summed E-state index contributed by atoms with van der Waals surface area (Å²) < 4.78 is 53.6. The van der Waals surface area contributed by atoms with Gasteiger partial charge >= 0.3 is 0 Å². The highest BCUT2D eigenvalue weighted by molar-refractivity contribution is 6.07. The second kappa shape index (κ2) is 7.94. The van der Waals surface area contributed by atoms with Gasteiger partial charge in [-0.05, 0) is 42.5 Å². The van der Waals surface area contributed by atoms with Gasteiger partial charge in [-0.1, -0.05) is 6.07 Å². The van der Waals surface area contributed by atoms with Gasteiger partial charge in [-0.25, -0.2) is 22.5 Å². The average Bonchev–Trinajstić information content (AvgIpc) is 3.16. The van der Waals surface area contributed by atoms with Crippen LogP contribution in [0.4, 0.5) is 23.2 Å². The molecule has 0 aliphatic carbocycles. The monoisotopic (exact) mass is 414 g/mol. The molecule has 0 radical (unpaired) electrons. The van der Waals surface area contributed by atoms with Crippen molar-refractivity contribution in [3.05, 3.63) is 89.5 Å². The molecule has 0 fully saturated rings. The second-order valence-electron chi connectivity index (χ2n) is 6.46. The number of halogens is 4. The summed E-state index contributed by atoms with van der Waals surface area (Å²) in [7, 11) is 0. The number of alkyl halides is 2. The van der Waals surface area contributed by atoms with E-state index in [1.807, 2.05) is 0 Å². The number of nitrogens with zero attached hydrogens (tertiary/aromatic N) is 3. The van der Waals surface area contributed by atoms with Gasteiger partial charge in [-0.15, -0.1) is 0 Å². The Morgan fingerprint density at radius 2 is 1.90 bits per heavy atom.